The SMILES string of the molecule is [N-]=[N+]=NC(=O)[C@H](Cc1ccccc1)NC(=O)[C@H](Cc1ccccc1)NC(=O)[C@@H](N)CC(N)=O. The molecule has 0 aliphatic carbocycles. The fraction of sp³-hybridized carbons (Fsp3) is 0.273. The Hall–Kier alpha value is -4.21. The molecule has 0 radical (unpaired) electrons. The third-order valence-corrected chi connectivity index (χ3v) is 4.71. The smallest absolute Gasteiger partial charge is 0.243 e. The van der Waals surface area contributed by atoms with E-state index in [4.69, 9.17) is 17.0 Å². The monoisotopic (exact) mass is 451 g/mol. The number of carbonyl (C=O) groups excluding carboxylic acids is 4. The quantitative estimate of drug-likeness (QED) is 0.219. The van der Waals surface area contributed by atoms with Crippen molar-refractivity contribution in [3.8, 4) is 0 Å². The van der Waals surface area contributed by atoms with Gasteiger partial charge >= 0.3 is 0 Å². The average Bonchev–Trinajstić information content (AvgIpc) is 2.79. The Labute approximate surface area is 190 Å². The van der Waals surface area contributed by atoms with Crippen LogP contribution in [-0.2, 0) is 32.0 Å². The minimum Gasteiger partial charge on any atom is -0.370 e. The Kier molecular flexibility index (Phi) is 9.56. The topological polar surface area (TPSA) is 193 Å². The summed E-state index contributed by atoms with van der Waals surface area (Å²) in [5, 5.41) is 8.17. The van der Waals surface area contributed by atoms with E-state index in [9.17, 15) is 19.2 Å². The number of carbonyl (C=O) groups is 4. The van der Waals surface area contributed by atoms with E-state index in [1.807, 2.05) is 0 Å². The first-order valence-electron chi connectivity index (χ1n) is 10.1. The van der Waals surface area contributed by atoms with Crippen molar-refractivity contribution in [2.24, 2.45) is 16.6 Å². The summed E-state index contributed by atoms with van der Waals surface area (Å²) in [6.07, 6.45) is -0.218. The molecule has 33 heavy (non-hydrogen) atoms. The minimum atomic E-state index is -1.24. The van der Waals surface area contributed by atoms with Crippen LogP contribution in [-0.4, -0.2) is 41.8 Å². The van der Waals surface area contributed by atoms with Gasteiger partial charge in [0.05, 0.1) is 18.5 Å². The summed E-state index contributed by atoms with van der Waals surface area (Å²) < 4.78 is 0. The van der Waals surface area contributed by atoms with E-state index in [-0.39, 0.29) is 12.8 Å². The number of hydrogen-bond acceptors (Lipinski definition) is 5. The van der Waals surface area contributed by atoms with E-state index >= 15 is 0 Å². The lowest BCUT2D eigenvalue weighted by Gasteiger charge is -2.23. The van der Waals surface area contributed by atoms with Crippen molar-refractivity contribution in [1.82, 2.24) is 10.6 Å². The summed E-state index contributed by atoms with van der Waals surface area (Å²) in [5.41, 5.74) is 20.9. The normalized spacial score (nSPS) is 13.0. The summed E-state index contributed by atoms with van der Waals surface area (Å²) in [6.45, 7) is 0. The van der Waals surface area contributed by atoms with Crippen molar-refractivity contribution in [2.75, 3.05) is 0 Å². The van der Waals surface area contributed by atoms with Crippen LogP contribution in [0.1, 0.15) is 17.5 Å². The Morgan fingerprint density at radius 1 is 0.848 bits per heavy atom. The maximum Gasteiger partial charge on any atom is 0.243 e. The third kappa shape index (κ3) is 8.44. The molecular weight excluding hydrogens is 426 g/mol. The molecule has 11 nitrogen and oxygen atoms in total. The number of nitrogens with one attached hydrogen (secondary N) is 2. The Morgan fingerprint density at radius 2 is 1.33 bits per heavy atom. The van der Waals surface area contributed by atoms with Crippen molar-refractivity contribution in [1.29, 1.82) is 0 Å². The molecule has 0 aromatic heterocycles. The van der Waals surface area contributed by atoms with Crippen LogP contribution >= 0.6 is 0 Å². The lowest BCUT2D eigenvalue weighted by Crippen LogP contribution is -2.55. The molecule has 0 heterocycles. The van der Waals surface area contributed by atoms with Crippen LogP contribution in [0.5, 0.6) is 0 Å². The van der Waals surface area contributed by atoms with Gasteiger partial charge < -0.3 is 22.1 Å². The molecule has 4 amide bonds. The van der Waals surface area contributed by atoms with E-state index in [1.165, 1.54) is 0 Å². The minimum absolute atomic E-state index is 0.0810. The number of primary amides is 1. The highest BCUT2D eigenvalue weighted by atomic mass is 16.2. The van der Waals surface area contributed by atoms with Gasteiger partial charge in [0.25, 0.3) is 0 Å². The van der Waals surface area contributed by atoms with Crippen LogP contribution < -0.4 is 22.1 Å². The number of benzene rings is 2. The summed E-state index contributed by atoms with van der Waals surface area (Å²) in [6, 6.07) is 14.2. The summed E-state index contributed by atoms with van der Waals surface area (Å²) in [7, 11) is 0. The largest absolute Gasteiger partial charge is 0.370 e. The fourth-order valence-corrected chi connectivity index (χ4v) is 3.08. The van der Waals surface area contributed by atoms with Crippen molar-refractivity contribution >= 4 is 23.6 Å². The van der Waals surface area contributed by atoms with Crippen LogP contribution in [0, 0.1) is 0 Å². The van der Waals surface area contributed by atoms with E-state index in [2.05, 4.69) is 20.7 Å². The number of nitrogens with zero attached hydrogens (tertiary/aromatic N) is 3. The van der Waals surface area contributed by atoms with Crippen molar-refractivity contribution in [3.63, 3.8) is 0 Å². The van der Waals surface area contributed by atoms with Crippen molar-refractivity contribution < 1.29 is 19.2 Å². The van der Waals surface area contributed by atoms with Gasteiger partial charge in [0.2, 0.25) is 23.6 Å². The number of azide groups is 1. The van der Waals surface area contributed by atoms with Crippen LogP contribution in [0.2, 0.25) is 0 Å². The molecule has 0 unspecified atom stereocenters. The zero-order valence-electron chi connectivity index (χ0n) is 17.8. The van der Waals surface area contributed by atoms with Crippen LogP contribution in [0.4, 0.5) is 0 Å². The molecule has 2 aromatic carbocycles. The van der Waals surface area contributed by atoms with Gasteiger partial charge in [-0.15, -0.1) is 0 Å². The molecule has 0 spiro atoms. The average molecular weight is 451 g/mol. The standard InChI is InChI=1S/C22H25N7O4/c23-16(13-19(24)30)20(31)26-17(11-14-7-3-1-4-8-14)21(32)27-18(22(33)28-29-25)12-15-9-5-2-6-10-15/h1-10,16-18H,11-13,23H2,(H2,24,30)(H,26,31)(H,27,32)/t16-,17-,18-/m0/s1. The maximum absolute atomic E-state index is 13.1. The third-order valence-electron chi connectivity index (χ3n) is 4.71. The second kappa shape index (κ2) is 12.6. The van der Waals surface area contributed by atoms with Gasteiger partial charge in [0, 0.05) is 11.3 Å². The Balaban J connectivity index is 2.23. The van der Waals surface area contributed by atoms with Gasteiger partial charge in [-0.3, -0.25) is 19.2 Å². The molecule has 0 saturated carbocycles. The zero-order valence-corrected chi connectivity index (χ0v) is 17.8. The van der Waals surface area contributed by atoms with E-state index in [0.29, 0.717) is 0 Å². The second-order valence-electron chi connectivity index (χ2n) is 7.31. The molecule has 2 rings (SSSR count). The fourth-order valence-electron chi connectivity index (χ4n) is 3.08. The number of rotatable bonds is 11. The summed E-state index contributed by atoms with van der Waals surface area (Å²) >= 11 is 0. The van der Waals surface area contributed by atoms with Gasteiger partial charge in [-0.2, -0.15) is 0 Å². The molecule has 0 aliphatic heterocycles. The number of hydrogen-bond donors (Lipinski definition) is 4. The molecule has 172 valence electrons. The van der Waals surface area contributed by atoms with Crippen LogP contribution in [0.25, 0.3) is 10.4 Å². The summed E-state index contributed by atoms with van der Waals surface area (Å²) in [4.78, 5) is 51.5. The lowest BCUT2D eigenvalue weighted by molar-refractivity contribution is -0.132. The zero-order chi connectivity index (χ0) is 24.2. The van der Waals surface area contributed by atoms with Gasteiger partial charge in [0.1, 0.15) is 6.04 Å². The lowest BCUT2D eigenvalue weighted by atomic mass is 10.0. The predicted molar refractivity (Wildman–Crippen MR) is 120 cm³/mol. The molecule has 0 aliphatic rings. The molecule has 0 fully saturated rings. The predicted octanol–water partition coefficient (Wildman–Crippen LogP) is 0.481. The van der Waals surface area contributed by atoms with E-state index in [0.717, 1.165) is 11.1 Å². The van der Waals surface area contributed by atoms with Crippen LogP contribution in [0.3, 0.4) is 0 Å². The van der Waals surface area contributed by atoms with Gasteiger partial charge in [-0.25, -0.2) is 0 Å². The molecular formula is C22H25N7O4. The highest BCUT2D eigenvalue weighted by Crippen LogP contribution is 2.08. The molecule has 0 bridgehead atoms. The maximum atomic E-state index is 13.1. The first-order valence-corrected chi connectivity index (χ1v) is 10.1. The molecule has 11 heteroatoms. The Bertz CT molecular complexity index is 1020. The first kappa shape index (κ1) is 25.1. The second-order valence-corrected chi connectivity index (χ2v) is 7.31. The highest BCUT2D eigenvalue weighted by molar-refractivity contribution is 5.94. The van der Waals surface area contributed by atoms with Gasteiger partial charge in [-0.05, 0) is 28.2 Å². The Morgan fingerprint density at radius 3 is 1.82 bits per heavy atom. The molecule has 3 atom stereocenters. The van der Waals surface area contributed by atoms with E-state index < -0.39 is 48.2 Å². The first-order chi connectivity index (χ1) is 15.8. The van der Waals surface area contributed by atoms with E-state index in [1.54, 1.807) is 60.7 Å². The molecule has 6 N–H and O–H groups in total. The van der Waals surface area contributed by atoms with Crippen LogP contribution in [0.15, 0.2) is 65.8 Å². The molecule has 2 aromatic rings. The van der Waals surface area contributed by atoms with Crippen molar-refractivity contribution in [3.05, 3.63) is 82.2 Å². The number of nitrogens with two attached hydrogens (primary N) is 2. The van der Waals surface area contributed by atoms with Gasteiger partial charge in [0.15, 0.2) is 0 Å². The van der Waals surface area contributed by atoms with Crippen molar-refractivity contribution in [2.45, 2.75) is 37.4 Å². The molecule has 0 saturated heterocycles. The van der Waals surface area contributed by atoms with Gasteiger partial charge in [-0.1, -0.05) is 60.7 Å². The highest BCUT2D eigenvalue weighted by Gasteiger charge is 2.28. The number of amides is 4. The summed E-state index contributed by atoms with van der Waals surface area (Å²) in [5.74, 6) is -3.05.